The van der Waals surface area contributed by atoms with Gasteiger partial charge in [0, 0.05) is 36.3 Å². The Kier molecular flexibility index (Phi) is 5.24. The van der Waals surface area contributed by atoms with E-state index in [1.54, 1.807) is 18.5 Å². The number of hydrogen-bond acceptors (Lipinski definition) is 8. The van der Waals surface area contributed by atoms with Crippen LogP contribution in [-0.4, -0.2) is 40.4 Å². The van der Waals surface area contributed by atoms with Crippen molar-refractivity contribution < 1.29 is 9.21 Å². The summed E-state index contributed by atoms with van der Waals surface area (Å²) in [6.07, 6.45) is 8.48. The molecule has 1 fully saturated rings. The number of rotatable bonds is 5. The molecule has 0 atom stereocenters. The Hall–Kier alpha value is -3.33. The molecule has 9 heteroatoms. The molecule has 1 saturated heterocycles. The third-order valence-corrected chi connectivity index (χ3v) is 4.77. The Morgan fingerprint density at radius 1 is 1.29 bits per heavy atom. The van der Waals surface area contributed by atoms with Gasteiger partial charge in [0.25, 0.3) is 11.8 Å². The summed E-state index contributed by atoms with van der Waals surface area (Å²) in [4.78, 5) is 16.3. The number of pyridine rings is 1. The molecule has 2 aromatic rings. The molecule has 0 spiro atoms. The van der Waals surface area contributed by atoms with Crippen LogP contribution in [0.5, 0.6) is 0 Å². The lowest BCUT2D eigenvalue weighted by Gasteiger charge is -2.29. The summed E-state index contributed by atoms with van der Waals surface area (Å²) in [6.45, 7) is 1.84. The van der Waals surface area contributed by atoms with E-state index in [0.717, 1.165) is 43.4 Å². The van der Waals surface area contributed by atoms with E-state index in [9.17, 15) is 4.79 Å². The first-order valence-electron chi connectivity index (χ1n) is 9.19. The maximum Gasteiger partial charge on any atom is 0.252 e. The lowest BCUT2D eigenvalue weighted by Crippen LogP contribution is -2.41. The maximum absolute atomic E-state index is 12.2. The third kappa shape index (κ3) is 3.99. The number of aromatic nitrogens is 3. The van der Waals surface area contributed by atoms with Gasteiger partial charge in [-0.1, -0.05) is 6.07 Å². The van der Waals surface area contributed by atoms with Gasteiger partial charge in [0.15, 0.2) is 0 Å². The molecular weight excluding hydrogens is 358 g/mol. The number of amides is 1. The molecule has 144 valence electrons. The highest BCUT2D eigenvalue weighted by atomic mass is 16.4. The highest BCUT2D eigenvalue weighted by Gasteiger charge is 2.25. The van der Waals surface area contributed by atoms with Crippen LogP contribution in [0.2, 0.25) is 0 Å². The minimum absolute atomic E-state index is 0.184. The zero-order valence-electron chi connectivity index (χ0n) is 15.2. The molecule has 2 aromatic heterocycles. The largest absolute Gasteiger partial charge is 0.420 e. The summed E-state index contributed by atoms with van der Waals surface area (Å²) < 4.78 is 5.73. The van der Waals surface area contributed by atoms with E-state index in [1.165, 1.54) is 0 Å². The molecule has 9 nitrogen and oxygen atoms in total. The van der Waals surface area contributed by atoms with Crippen molar-refractivity contribution in [2.75, 3.05) is 13.1 Å². The minimum atomic E-state index is -0.225. The summed E-state index contributed by atoms with van der Waals surface area (Å²) >= 11 is 0. The quantitative estimate of drug-likeness (QED) is 0.570. The van der Waals surface area contributed by atoms with Crippen LogP contribution in [0, 0.1) is 11.3 Å². The first-order valence-corrected chi connectivity index (χ1v) is 9.19. The third-order valence-electron chi connectivity index (χ3n) is 4.77. The number of nitrogens with one attached hydrogen (secondary N) is 4. The van der Waals surface area contributed by atoms with Gasteiger partial charge in [-0.15, -0.1) is 10.2 Å². The average Bonchev–Trinajstić information content (AvgIpc) is 3.17. The first kappa shape index (κ1) is 18.1. The van der Waals surface area contributed by atoms with Gasteiger partial charge >= 0.3 is 0 Å². The van der Waals surface area contributed by atoms with Crippen LogP contribution in [0.3, 0.4) is 0 Å². The lowest BCUT2D eigenvalue weighted by atomic mass is 9.93. The van der Waals surface area contributed by atoms with Crippen molar-refractivity contribution in [2.45, 2.75) is 19.3 Å². The Bertz CT molecular complexity index is 927. The molecule has 0 aliphatic carbocycles. The van der Waals surface area contributed by atoms with Crippen molar-refractivity contribution in [3.05, 3.63) is 59.5 Å². The van der Waals surface area contributed by atoms with Crippen LogP contribution in [0.4, 0.5) is 0 Å². The molecule has 4 N–H and O–H groups in total. The van der Waals surface area contributed by atoms with Gasteiger partial charge in [-0.3, -0.25) is 9.78 Å². The van der Waals surface area contributed by atoms with Gasteiger partial charge in [-0.05, 0) is 37.6 Å². The van der Waals surface area contributed by atoms with Crippen molar-refractivity contribution in [3.63, 3.8) is 0 Å². The van der Waals surface area contributed by atoms with Crippen LogP contribution < -0.4 is 16.0 Å². The second-order valence-electron chi connectivity index (χ2n) is 6.71. The predicted molar refractivity (Wildman–Crippen MR) is 102 cm³/mol. The van der Waals surface area contributed by atoms with Gasteiger partial charge in [-0.25, -0.2) is 0 Å². The van der Waals surface area contributed by atoms with Crippen molar-refractivity contribution in [2.24, 2.45) is 5.92 Å². The molecule has 0 unspecified atom stereocenters. The van der Waals surface area contributed by atoms with Gasteiger partial charge in [0.1, 0.15) is 5.82 Å². The second kappa shape index (κ2) is 8.13. The second-order valence-corrected chi connectivity index (χ2v) is 6.71. The fourth-order valence-electron chi connectivity index (χ4n) is 3.35. The zero-order valence-corrected chi connectivity index (χ0v) is 15.2. The van der Waals surface area contributed by atoms with E-state index in [2.05, 4.69) is 31.1 Å². The number of piperidine rings is 1. The van der Waals surface area contributed by atoms with Crippen LogP contribution >= 0.6 is 0 Å². The van der Waals surface area contributed by atoms with E-state index in [0.29, 0.717) is 23.7 Å². The number of hydrogen-bond donors (Lipinski definition) is 4. The Morgan fingerprint density at radius 3 is 2.89 bits per heavy atom. The zero-order chi connectivity index (χ0) is 19.3. The molecule has 4 rings (SSSR count). The van der Waals surface area contributed by atoms with Gasteiger partial charge < -0.3 is 25.8 Å². The van der Waals surface area contributed by atoms with Crippen molar-refractivity contribution in [1.82, 2.24) is 31.1 Å². The van der Waals surface area contributed by atoms with Crippen molar-refractivity contribution in [1.29, 1.82) is 5.41 Å². The van der Waals surface area contributed by atoms with Crippen molar-refractivity contribution >= 4 is 17.7 Å². The van der Waals surface area contributed by atoms with E-state index in [4.69, 9.17) is 9.83 Å². The van der Waals surface area contributed by atoms with Crippen LogP contribution in [0.1, 0.15) is 30.2 Å². The fraction of sp³-hybridized carbons (Fsp3) is 0.316. The van der Waals surface area contributed by atoms with Crippen LogP contribution in [-0.2, 0) is 11.2 Å². The maximum atomic E-state index is 12.2. The van der Waals surface area contributed by atoms with Crippen LogP contribution in [0.15, 0.2) is 46.5 Å². The monoisotopic (exact) mass is 379 g/mol. The summed E-state index contributed by atoms with van der Waals surface area (Å²) in [6, 6.07) is 3.76. The SMILES string of the molecule is N=C/C(=C1/NC(=O)C=C(C2CCNCC2)N1)c1nnc(Cc2cccnc2)o1. The summed E-state index contributed by atoms with van der Waals surface area (Å²) in [7, 11) is 0. The molecule has 0 saturated carbocycles. The fourth-order valence-corrected chi connectivity index (χ4v) is 3.35. The Labute approximate surface area is 161 Å². The summed E-state index contributed by atoms with van der Waals surface area (Å²) in [5.41, 5.74) is 2.15. The molecule has 0 aromatic carbocycles. The van der Waals surface area contributed by atoms with Crippen molar-refractivity contribution in [3.8, 4) is 0 Å². The highest BCUT2D eigenvalue weighted by molar-refractivity contribution is 6.09. The molecule has 4 heterocycles. The average molecular weight is 379 g/mol. The molecule has 2 aliphatic rings. The number of carbonyl (C=O) groups is 1. The Balaban J connectivity index is 1.57. The molecule has 28 heavy (non-hydrogen) atoms. The van der Waals surface area contributed by atoms with E-state index in [-0.39, 0.29) is 17.7 Å². The van der Waals surface area contributed by atoms with Gasteiger partial charge in [-0.2, -0.15) is 0 Å². The molecule has 2 aliphatic heterocycles. The number of carbonyl (C=O) groups excluding carboxylic acids is 1. The minimum Gasteiger partial charge on any atom is -0.420 e. The predicted octanol–water partition coefficient (Wildman–Crippen LogP) is 0.976. The van der Waals surface area contributed by atoms with E-state index < -0.39 is 0 Å². The Morgan fingerprint density at radius 2 is 2.14 bits per heavy atom. The van der Waals surface area contributed by atoms with Gasteiger partial charge in [0.2, 0.25) is 5.89 Å². The normalized spacial score (nSPS) is 19.4. The van der Waals surface area contributed by atoms with Gasteiger partial charge in [0.05, 0.1) is 12.0 Å². The van der Waals surface area contributed by atoms with Crippen LogP contribution in [0.25, 0.3) is 5.57 Å². The molecular formula is C19H21N7O2. The first-order chi connectivity index (χ1) is 13.7. The molecule has 1 amide bonds. The lowest BCUT2D eigenvalue weighted by molar-refractivity contribution is -0.116. The number of nitrogens with zero attached hydrogens (tertiary/aromatic N) is 3. The van der Waals surface area contributed by atoms with E-state index in [1.807, 2.05) is 12.1 Å². The smallest absolute Gasteiger partial charge is 0.252 e. The standard InChI is InChI=1S/C19H21N7O2/c20-10-14(19-26-25-17(28-19)8-12-2-1-5-22-11-12)18-23-15(9-16(27)24-18)13-3-6-21-7-4-13/h1-2,5,9-11,13,20-21,23H,3-4,6-8H2,(H,24,27)/b18-14-,20-10?. The summed E-state index contributed by atoms with van der Waals surface area (Å²) in [5.74, 6) is 1.05. The topological polar surface area (TPSA) is 129 Å². The van der Waals surface area contributed by atoms with E-state index >= 15 is 0 Å². The molecule has 0 bridgehead atoms. The summed E-state index contributed by atoms with van der Waals surface area (Å²) in [5, 5.41) is 25.2. The molecule has 0 radical (unpaired) electrons. The number of allylic oxidation sites excluding steroid dienone is 2. The highest BCUT2D eigenvalue weighted by Crippen LogP contribution is 2.24.